The Hall–Kier alpha value is -1.25. The average molecular weight is 251 g/mol. The predicted octanol–water partition coefficient (Wildman–Crippen LogP) is 4.23. The fourth-order valence-electron chi connectivity index (χ4n) is 1.41. The van der Waals surface area contributed by atoms with Crippen LogP contribution >= 0.6 is 0 Å². The predicted molar refractivity (Wildman–Crippen MR) is 79.4 cm³/mol. The molecule has 1 atom stereocenters. The molecule has 3 heteroatoms. The number of rotatable bonds is 4. The van der Waals surface area contributed by atoms with Gasteiger partial charge in [-0.25, -0.2) is 4.68 Å². The van der Waals surface area contributed by atoms with Crippen molar-refractivity contribution in [2.45, 2.75) is 54.6 Å². The second-order valence-electron chi connectivity index (χ2n) is 4.76. The summed E-state index contributed by atoms with van der Waals surface area (Å²) in [7, 11) is 2.09. The van der Waals surface area contributed by atoms with Crippen LogP contribution in [0.15, 0.2) is 24.0 Å². The highest BCUT2D eigenvalue weighted by atomic mass is 15.4. The first-order valence-corrected chi connectivity index (χ1v) is 6.84. The van der Waals surface area contributed by atoms with E-state index in [-0.39, 0.29) is 6.17 Å². The van der Waals surface area contributed by atoms with Gasteiger partial charge in [0, 0.05) is 13.2 Å². The summed E-state index contributed by atoms with van der Waals surface area (Å²) >= 11 is 0. The highest BCUT2D eigenvalue weighted by Gasteiger charge is 2.09. The van der Waals surface area contributed by atoms with Crippen LogP contribution in [0.3, 0.4) is 0 Å². The van der Waals surface area contributed by atoms with E-state index in [0.717, 1.165) is 5.69 Å². The maximum atomic E-state index is 4.43. The van der Waals surface area contributed by atoms with Gasteiger partial charge in [-0.2, -0.15) is 5.10 Å². The Balaban J connectivity index is 0.00000137. The van der Waals surface area contributed by atoms with Gasteiger partial charge in [-0.15, -0.1) is 0 Å². The summed E-state index contributed by atoms with van der Waals surface area (Å²) in [5.74, 6) is 0.592. The SMILES string of the molecule is C/C(=C\N(C)C(C)n1ccc(C)n1)C(C)C.CC. The highest BCUT2D eigenvalue weighted by Crippen LogP contribution is 2.15. The summed E-state index contributed by atoms with van der Waals surface area (Å²) in [6.07, 6.45) is 4.48. The topological polar surface area (TPSA) is 21.1 Å². The van der Waals surface area contributed by atoms with Gasteiger partial charge in [0.15, 0.2) is 0 Å². The molecule has 0 aliphatic rings. The molecule has 1 aromatic heterocycles. The smallest absolute Gasteiger partial charge is 0.119 e. The molecular weight excluding hydrogens is 222 g/mol. The van der Waals surface area contributed by atoms with Gasteiger partial charge in [0.05, 0.1) is 5.69 Å². The molecule has 0 N–H and O–H groups in total. The van der Waals surface area contributed by atoms with Gasteiger partial charge < -0.3 is 4.90 Å². The molecule has 0 aliphatic heterocycles. The molecule has 1 rings (SSSR count). The molecule has 3 nitrogen and oxygen atoms in total. The summed E-state index contributed by atoms with van der Waals surface area (Å²) in [5.41, 5.74) is 2.45. The van der Waals surface area contributed by atoms with E-state index in [0.29, 0.717) is 5.92 Å². The Morgan fingerprint density at radius 3 is 2.28 bits per heavy atom. The molecule has 0 fully saturated rings. The van der Waals surface area contributed by atoms with Crippen LogP contribution in [0, 0.1) is 12.8 Å². The maximum Gasteiger partial charge on any atom is 0.119 e. The molecule has 0 amide bonds. The minimum Gasteiger partial charge on any atom is -0.359 e. The molecule has 1 unspecified atom stereocenters. The van der Waals surface area contributed by atoms with E-state index < -0.39 is 0 Å². The zero-order valence-corrected chi connectivity index (χ0v) is 13.2. The van der Waals surface area contributed by atoms with Crippen molar-refractivity contribution in [3.05, 3.63) is 29.7 Å². The number of hydrogen-bond acceptors (Lipinski definition) is 2. The number of aryl methyl sites for hydroxylation is 1. The van der Waals surface area contributed by atoms with Crippen molar-refractivity contribution in [3.63, 3.8) is 0 Å². The summed E-state index contributed by atoms with van der Waals surface area (Å²) < 4.78 is 1.99. The second kappa shape index (κ2) is 7.96. The van der Waals surface area contributed by atoms with Crippen LogP contribution in [0.2, 0.25) is 0 Å². The summed E-state index contributed by atoms with van der Waals surface area (Å²) in [5, 5.41) is 4.43. The van der Waals surface area contributed by atoms with Crippen LogP contribution < -0.4 is 0 Å². The van der Waals surface area contributed by atoms with Crippen molar-refractivity contribution in [2.24, 2.45) is 5.92 Å². The van der Waals surface area contributed by atoms with Crippen LogP contribution in [0.4, 0.5) is 0 Å². The standard InChI is InChI=1S/C13H23N3.C2H6/c1-10(2)11(3)9-15(6)13(5)16-8-7-12(4)14-16;1-2/h7-10,13H,1-6H3;1-2H3/b11-9+;. The molecule has 0 radical (unpaired) electrons. The molecule has 104 valence electrons. The van der Waals surface area contributed by atoms with Crippen LogP contribution in [0.1, 0.15) is 53.4 Å². The van der Waals surface area contributed by atoms with Crippen molar-refractivity contribution in [1.29, 1.82) is 0 Å². The molecule has 0 bridgehead atoms. The van der Waals surface area contributed by atoms with Crippen molar-refractivity contribution < 1.29 is 0 Å². The number of aromatic nitrogens is 2. The van der Waals surface area contributed by atoms with Crippen molar-refractivity contribution in [2.75, 3.05) is 7.05 Å². The minimum absolute atomic E-state index is 0.252. The monoisotopic (exact) mass is 251 g/mol. The molecule has 0 saturated heterocycles. The van der Waals surface area contributed by atoms with Gasteiger partial charge in [-0.3, -0.25) is 0 Å². The molecule has 0 spiro atoms. The van der Waals surface area contributed by atoms with Crippen molar-refractivity contribution in [3.8, 4) is 0 Å². The van der Waals surface area contributed by atoms with Gasteiger partial charge in [-0.1, -0.05) is 33.3 Å². The van der Waals surface area contributed by atoms with E-state index >= 15 is 0 Å². The van der Waals surface area contributed by atoms with Crippen LogP contribution in [0.25, 0.3) is 0 Å². The van der Waals surface area contributed by atoms with E-state index in [2.05, 4.69) is 50.9 Å². The number of allylic oxidation sites excluding steroid dienone is 1. The third-order valence-corrected chi connectivity index (χ3v) is 3.03. The quantitative estimate of drug-likeness (QED) is 0.798. The van der Waals surface area contributed by atoms with Gasteiger partial charge in [-0.05, 0) is 39.0 Å². The first kappa shape index (κ1) is 16.8. The largest absolute Gasteiger partial charge is 0.359 e. The lowest BCUT2D eigenvalue weighted by Gasteiger charge is -2.25. The zero-order chi connectivity index (χ0) is 14.3. The summed E-state index contributed by atoms with van der Waals surface area (Å²) in [6, 6.07) is 2.03. The minimum atomic E-state index is 0.252. The molecule has 1 aromatic rings. The molecule has 18 heavy (non-hydrogen) atoms. The summed E-state index contributed by atoms with van der Waals surface area (Å²) in [4.78, 5) is 2.20. The third kappa shape index (κ3) is 4.94. The Morgan fingerprint density at radius 1 is 1.33 bits per heavy atom. The Labute approximate surface area is 112 Å². The van der Waals surface area contributed by atoms with E-state index in [1.165, 1.54) is 5.57 Å². The first-order chi connectivity index (χ1) is 8.41. The molecule has 1 heterocycles. The highest BCUT2D eigenvalue weighted by molar-refractivity contribution is 5.01. The molecule has 0 aromatic carbocycles. The Bertz CT molecular complexity index is 364. The Morgan fingerprint density at radius 2 is 1.89 bits per heavy atom. The van der Waals surface area contributed by atoms with Gasteiger partial charge in [0.25, 0.3) is 0 Å². The van der Waals surface area contributed by atoms with Crippen LogP contribution in [-0.2, 0) is 0 Å². The third-order valence-electron chi connectivity index (χ3n) is 3.03. The molecule has 0 saturated carbocycles. The second-order valence-corrected chi connectivity index (χ2v) is 4.76. The van der Waals surface area contributed by atoms with E-state index in [4.69, 9.17) is 0 Å². The fourth-order valence-corrected chi connectivity index (χ4v) is 1.41. The van der Waals surface area contributed by atoms with E-state index in [9.17, 15) is 0 Å². The molecule has 0 aliphatic carbocycles. The first-order valence-electron chi connectivity index (χ1n) is 6.84. The van der Waals surface area contributed by atoms with Crippen LogP contribution in [-0.4, -0.2) is 21.7 Å². The zero-order valence-electron chi connectivity index (χ0n) is 13.2. The fraction of sp³-hybridized carbons (Fsp3) is 0.667. The van der Waals surface area contributed by atoms with Gasteiger partial charge in [0.1, 0.15) is 6.17 Å². The maximum absolute atomic E-state index is 4.43. The van der Waals surface area contributed by atoms with E-state index in [1.54, 1.807) is 0 Å². The lowest BCUT2D eigenvalue weighted by Crippen LogP contribution is -2.23. The van der Waals surface area contributed by atoms with E-state index in [1.807, 2.05) is 37.7 Å². The normalized spacial score (nSPS) is 13.1. The Kier molecular flexibility index (Phi) is 7.41. The van der Waals surface area contributed by atoms with Crippen molar-refractivity contribution in [1.82, 2.24) is 14.7 Å². The molecular formula is C15H29N3. The lowest BCUT2D eigenvalue weighted by molar-refractivity contribution is 0.245. The van der Waals surface area contributed by atoms with Gasteiger partial charge >= 0.3 is 0 Å². The van der Waals surface area contributed by atoms with Crippen molar-refractivity contribution >= 4 is 0 Å². The summed E-state index contributed by atoms with van der Waals surface area (Å²) in [6.45, 7) is 14.8. The van der Waals surface area contributed by atoms with Gasteiger partial charge in [0.2, 0.25) is 0 Å². The number of nitrogens with zero attached hydrogens (tertiary/aromatic N) is 3. The lowest BCUT2D eigenvalue weighted by atomic mass is 10.1. The van der Waals surface area contributed by atoms with Crippen LogP contribution in [0.5, 0.6) is 0 Å². The average Bonchev–Trinajstić information content (AvgIpc) is 2.77. The number of hydrogen-bond donors (Lipinski definition) is 0.